The van der Waals surface area contributed by atoms with Crippen molar-refractivity contribution in [3.63, 3.8) is 0 Å². The van der Waals surface area contributed by atoms with Crippen molar-refractivity contribution in [3.8, 4) is 0 Å². The second kappa shape index (κ2) is 6.63. The Labute approximate surface area is 105 Å². The molecule has 1 aliphatic rings. The van der Waals surface area contributed by atoms with Gasteiger partial charge in [-0.15, -0.1) is 6.58 Å². The highest BCUT2D eigenvalue weighted by atomic mass is 16.6. The summed E-state index contributed by atoms with van der Waals surface area (Å²) in [6.07, 6.45) is 9.70. The molecule has 1 aliphatic carbocycles. The predicted octanol–water partition coefficient (Wildman–Crippen LogP) is 4.16. The highest BCUT2D eigenvalue weighted by molar-refractivity contribution is 5.88. The molecule has 0 N–H and O–H groups in total. The van der Waals surface area contributed by atoms with Crippen LogP contribution in [0.2, 0.25) is 0 Å². The molecular formula is C15H24O2. The van der Waals surface area contributed by atoms with Gasteiger partial charge in [0, 0.05) is 5.57 Å². The number of carbonyl (C=O) groups is 1. The molecule has 2 heteroatoms. The lowest BCUT2D eigenvalue weighted by Crippen LogP contribution is -2.31. The molecule has 17 heavy (non-hydrogen) atoms. The van der Waals surface area contributed by atoms with Gasteiger partial charge in [0.2, 0.25) is 0 Å². The van der Waals surface area contributed by atoms with Crippen molar-refractivity contribution in [1.29, 1.82) is 0 Å². The van der Waals surface area contributed by atoms with Crippen LogP contribution in [0.4, 0.5) is 0 Å². The molecule has 0 saturated heterocycles. The van der Waals surface area contributed by atoms with E-state index in [-0.39, 0.29) is 11.6 Å². The van der Waals surface area contributed by atoms with Crippen molar-refractivity contribution < 1.29 is 9.53 Å². The first-order valence-electron chi connectivity index (χ1n) is 6.65. The van der Waals surface area contributed by atoms with Crippen LogP contribution in [-0.2, 0) is 9.53 Å². The van der Waals surface area contributed by atoms with Gasteiger partial charge < -0.3 is 4.74 Å². The van der Waals surface area contributed by atoms with Crippen molar-refractivity contribution >= 4 is 5.97 Å². The van der Waals surface area contributed by atoms with Gasteiger partial charge in [-0.05, 0) is 51.4 Å². The third-order valence-corrected chi connectivity index (χ3v) is 3.64. The van der Waals surface area contributed by atoms with E-state index in [1.54, 1.807) is 0 Å². The molecule has 1 fully saturated rings. The largest absolute Gasteiger partial charge is 0.456 e. The average Bonchev–Trinajstić information content (AvgIpc) is 2.78. The van der Waals surface area contributed by atoms with E-state index in [4.69, 9.17) is 4.74 Å². The van der Waals surface area contributed by atoms with E-state index in [1.165, 1.54) is 12.8 Å². The molecule has 0 heterocycles. The summed E-state index contributed by atoms with van der Waals surface area (Å²) in [5.74, 6) is -0.196. The molecule has 0 aromatic heterocycles. The van der Waals surface area contributed by atoms with E-state index in [0.717, 1.165) is 32.1 Å². The Kier molecular flexibility index (Phi) is 5.46. The minimum absolute atomic E-state index is 0.196. The van der Waals surface area contributed by atoms with Gasteiger partial charge in [-0.25, -0.2) is 4.79 Å². The van der Waals surface area contributed by atoms with Crippen LogP contribution in [0.5, 0.6) is 0 Å². The van der Waals surface area contributed by atoms with Crippen LogP contribution in [-0.4, -0.2) is 11.6 Å². The van der Waals surface area contributed by atoms with Crippen LogP contribution in [0.1, 0.15) is 58.3 Å². The van der Waals surface area contributed by atoms with Crippen LogP contribution < -0.4 is 0 Å². The van der Waals surface area contributed by atoms with Gasteiger partial charge >= 0.3 is 5.97 Å². The van der Waals surface area contributed by atoms with Crippen molar-refractivity contribution in [2.45, 2.75) is 63.9 Å². The Balaban J connectivity index is 2.41. The number of ether oxygens (including phenoxy) is 1. The summed E-state index contributed by atoms with van der Waals surface area (Å²) in [6, 6.07) is 0. The Morgan fingerprint density at radius 3 is 2.59 bits per heavy atom. The van der Waals surface area contributed by atoms with E-state index in [0.29, 0.717) is 12.0 Å². The van der Waals surface area contributed by atoms with Crippen LogP contribution in [0.3, 0.4) is 0 Å². The Morgan fingerprint density at radius 1 is 1.41 bits per heavy atom. The van der Waals surface area contributed by atoms with E-state index >= 15 is 0 Å². The van der Waals surface area contributed by atoms with Gasteiger partial charge in [-0.3, -0.25) is 0 Å². The molecule has 0 aliphatic heterocycles. The second-order valence-corrected chi connectivity index (χ2v) is 4.92. The fourth-order valence-electron chi connectivity index (χ4n) is 2.38. The molecule has 0 spiro atoms. The third-order valence-electron chi connectivity index (χ3n) is 3.64. The second-order valence-electron chi connectivity index (χ2n) is 4.92. The Hall–Kier alpha value is -1.05. The van der Waals surface area contributed by atoms with Gasteiger partial charge in [-0.1, -0.05) is 19.6 Å². The minimum Gasteiger partial charge on any atom is -0.456 e. The van der Waals surface area contributed by atoms with E-state index < -0.39 is 0 Å². The zero-order chi connectivity index (χ0) is 12.7. The van der Waals surface area contributed by atoms with Crippen LogP contribution >= 0.6 is 0 Å². The highest BCUT2D eigenvalue weighted by Crippen LogP contribution is 2.36. The lowest BCUT2D eigenvalue weighted by Gasteiger charge is -2.28. The highest BCUT2D eigenvalue weighted by Gasteiger charge is 2.36. The maximum Gasteiger partial charge on any atom is 0.333 e. The molecular weight excluding hydrogens is 212 g/mol. The monoisotopic (exact) mass is 236 g/mol. The molecule has 0 atom stereocenters. The number of rotatable bonds is 7. The summed E-state index contributed by atoms with van der Waals surface area (Å²) in [5.41, 5.74) is 0.407. The SMILES string of the molecule is C=CCCCC(=C)C(=O)OC1(CC)CCCC1. The molecule has 0 aromatic carbocycles. The molecule has 1 saturated carbocycles. The van der Waals surface area contributed by atoms with Crippen LogP contribution in [0, 0.1) is 0 Å². The van der Waals surface area contributed by atoms with Crippen LogP contribution in [0.25, 0.3) is 0 Å². The maximum absolute atomic E-state index is 11.9. The van der Waals surface area contributed by atoms with E-state index in [9.17, 15) is 4.79 Å². The van der Waals surface area contributed by atoms with Crippen molar-refractivity contribution in [2.75, 3.05) is 0 Å². The molecule has 0 bridgehead atoms. The maximum atomic E-state index is 11.9. The number of hydrogen-bond acceptors (Lipinski definition) is 2. The van der Waals surface area contributed by atoms with Crippen molar-refractivity contribution in [3.05, 3.63) is 24.8 Å². The number of unbranched alkanes of at least 4 members (excludes halogenated alkanes) is 1. The normalized spacial score (nSPS) is 17.7. The summed E-state index contributed by atoms with van der Waals surface area (Å²) in [5, 5.41) is 0. The molecule has 0 amide bonds. The number of hydrogen-bond donors (Lipinski definition) is 0. The number of carbonyl (C=O) groups excluding carboxylic acids is 1. The smallest absolute Gasteiger partial charge is 0.333 e. The van der Waals surface area contributed by atoms with Crippen LogP contribution in [0.15, 0.2) is 24.8 Å². The quantitative estimate of drug-likeness (QED) is 0.287. The van der Waals surface area contributed by atoms with Gasteiger partial charge in [0.1, 0.15) is 5.60 Å². The standard InChI is InChI=1S/C15H24O2/c1-4-6-7-10-13(3)14(16)17-15(5-2)11-8-9-12-15/h4H,1,3,5-12H2,2H3. The Morgan fingerprint density at radius 2 is 2.06 bits per heavy atom. The van der Waals surface area contributed by atoms with Crippen molar-refractivity contribution in [2.24, 2.45) is 0 Å². The van der Waals surface area contributed by atoms with Gasteiger partial charge in [-0.2, -0.15) is 0 Å². The molecule has 0 radical (unpaired) electrons. The summed E-state index contributed by atoms with van der Waals surface area (Å²) < 4.78 is 5.68. The molecule has 2 nitrogen and oxygen atoms in total. The first kappa shape index (κ1) is 14.0. The van der Waals surface area contributed by atoms with Crippen molar-refractivity contribution in [1.82, 2.24) is 0 Å². The fourth-order valence-corrected chi connectivity index (χ4v) is 2.38. The molecule has 0 aromatic rings. The summed E-state index contributed by atoms with van der Waals surface area (Å²) in [6.45, 7) is 9.59. The first-order chi connectivity index (χ1) is 8.13. The van der Waals surface area contributed by atoms with Gasteiger partial charge in [0.05, 0.1) is 0 Å². The van der Waals surface area contributed by atoms with E-state index in [1.807, 2.05) is 6.08 Å². The minimum atomic E-state index is -0.196. The third kappa shape index (κ3) is 4.03. The average molecular weight is 236 g/mol. The number of esters is 1. The summed E-state index contributed by atoms with van der Waals surface area (Å²) in [7, 11) is 0. The Bertz CT molecular complexity index is 285. The zero-order valence-electron chi connectivity index (χ0n) is 11.0. The first-order valence-corrected chi connectivity index (χ1v) is 6.65. The zero-order valence-corrected chi connectivity index (χ0v) is 11.0. The lowest BCUT2D eigenvalue weighted by molar-refractivity contribution is -0.154. The molecule has 0 unspecified atom stereocenters. The summed E-state index contributed by atoms with van der Waals surface area (Å²) >= 11 is 0. The number of allylic oxidation sites excluding steroid dienone is 1. The fraction of sp³-hybridized carbons (Fsp3) is 0.667. The molecule has 96 valence electrons. The van der Waals surface area contributed by atoms with Gasteiger partial charge in [0.15, 0.2) is 0 Å². The topological polar surface area (TPSA) is 26.3 Å². The lowest BCUT2D eigenvalue weighted by atomic mass is 9.98. The molecule has 1 rings (SSSR count). The van der Waals surface area contributed by atoms with Gasteiger partial charge in [0.25, 0.3) is 0 Å². The predicted molar refractivity (Wildman–Crippen MR) is 70.8 cm³/mol. The summed E-state index contributed by atoms with van der Waals surface area (Å²) in [4.78, 5) is 11.9. The van der Waals surface area contributed by atoms with E-state index in [2.05, 4.69) is 20.1 Å².